The average Bonchev–Trinajstić information content (AvgIpc) is 2.03. The Morgan fingerprint density at radius 1 is 1.18 bits per heavy atom. The van der Waals surface area contributed by atoms with Gasteiger partial charge in [0.1, 0.15) is 0 Å². The van der Waals surface area contributed by atoms with E-state index in [2.05, 4.69) is 24.3 Å². The van der Waals surface area contributed by atoms with Crippen molar-refractivity contribution in [3.63, 3.8) is 0 Å². The number of nitrogens with one attached hydrogen (secondary N) is 1. The van der Waals surface area contributed by atoms with Crippen molar-refractivity contribution in [2.45, 2.75) is 46.0 Å². The van der Waals surface area contributed by atoms with Crippen molar-refractivity contribution in [1.29, 1.82) is 0 Å². The Hall–Kier alpha value is 0.310. The van der Waals surface area contributed by atoms with Crippen molar-refractivity contribution in [2.24, 2.45) is 0 Å². The summed E-state index contributed by atoms with van der Waals surface area (Å²) in [6.45, 7) is 5.52. The van der Waals surface area contributed by atoms with Crippen LogP contribution in [0.15, 0.2) is 0 Å². The highest BCUT2D eigenvalue weighted by atomic mass is 32.2. The van der Waals surface area contributed by atoms with Crippen molar-refractivity contribution in [2.75, 3.05) is 6.54 Å². The van der Waals surface area contributed by atoms with Gasteiger partial charge in [0.15, 0.2) is 0 Å². The SMILES string of the molecule is CCC[C]SNCCCCC. The molecule has 0 saturated heterocycles. The molecule has 0 aliphatic carbocycles. The molecule has 2 radical (unpaired) electrons. The molecule has 0 aromatic rings. The molecule has 0 unspecified atom stereocenters. The van der Waals surface area contributed by atoms with Gasteiger partial charge in [0.05, 0.1) is 5.75 Å². The smallest absolute Gasteiger partial charge is 0.0651 e. The number of unbranched alkanes of at least 4 members (excludes halogenated alkanes) is 3. The van der Waals surface area contributed by atoms with Gasteiger partial charge in [0.2, 0.25) is 0 Å². The lowest BCUT2D eigenvalue weighted by Gasteiger charge is -2.00. The first-order chi connectivity index (χ1) is 5.41. The maximum atomic E-state index is 3.26. The summed E-state index contributed by atoms with van der Waals surface area (Å²) < 4.78 is 3.26. The molecule has 0 fully saturated rings. The van der Waals surface area contributed by atoms with Gasteiger partial charge in [-0.25, -0.2) is 0 Å². The van der Waals surface area contributed by atoms with Gasteiger partial charge in [-0.1, -0.05) is 45.1 Å². The standard InChI is InChI=1S/C9H19NS/c1-3-5-7-8-10-11-9-6-4-2/h10H,3-8H2,1-2H3. The first-order valence-electron chi connectivity index (χ1n) is 4.53. The topological polar surface area (TPSA) is 12.0 Å². The fourth-order valence-corrected chi connectivity index (χ4v) is 1.36. The molecule has 66 valence electrons. The van der Waals surface area contributed by atoms with E-state index in [1.54, 1.807) is 11.9 Å². The maximum absolute atomic E-state index is 3.26. The number of hydrogen-bond acceptors (Lipinski definition) is 2. The van der Waals surface area contributed by atoms with Crippen LogP contribution in [-0.4, -0.2) is 6.54 Å². The summed E-state index contributed by atoms with van der Waals surface area (Å²) in [6, 6.07) is 0. The zero-order chi connectivity index (χ0) is 8.36. The summed E-state index contributed by atoms with van der Waals surface area (Å²) >= 11 is 1.63. The molecule has 2 heteroatoms. The van der Waals surface area contributed by atoms with Gasteiger partial charge < -0.3 is 0 Å². The molecule has 0 saturated carbocycles. The minimum absolute atomic E-state index is 1.09. The number of rotatable bonds is 8. The molecular formula is C9H19NS. The van der Waals surface area contributed by atoms with Crippen LogP contribution in [0, 0.1) is 5.75 Å². The van der Waals surface area contributed by atoms with Gasteiger partial charge in [-0.2, -0.15) is 0 Å². The highest BCUT2D eigenvalue weighted by molar-refractivity contribution is 7.99. The zero-order valence-electron chi connectivity index (χ0n) is 7.65. The van der Waals surface area contributed by atoms with Gasteiger partial charge in [0, 0.05) is 6.54 Å². The van der Waals surface area contributed by atoms with Crippen molar-refractivity contribution >= 4 is 11.9 Å². The molecule has 11 heavy (non-hydrogen) atoms. The van der Waals surface area contributed by atoms with E-state index in [-0.39, 0.29) is 0 Å². The molecule has 0 atom stereocenters. The van der Waals surface area contributed by atoms with Crippen LogP contribution in [0.5, 0.6) is 0 Å². The second kappa shape index (κ2) is 10.3. The maximum Gasteiger partial charge on any atom is 0.0651 e. The monoisotopic (exact) mass is 173 g/mol. The van der Waals surface area contributed by atoms with Crippen molar-refractivity contribution < 1.29 is 0 Å². The summed E-state index contributed by atoms with van der Waals surface area (Å²) in [5.41, 5.74) is 0. The largest absolute Gasteiger partial charge is 0.264 e. The minimum atomic E-state index is 1.09. The van der Waals surface area contributed by atoms with Crippen LogP contribution in [0.3, 0.4) is 0 Å². The van der Waals surface area contributed by atoms with Gasteiger partial charge in [0.25, 0.3) is 0 Å². The van der Waals surface area contributed by atoms with E-state index in [4.69, 9.17) is 0 Å². The normalized spacial score (nSPS) is 10.4. The molecule has 0 bridgehead atoms. The third-order valence-electron chi connectivity index (χ3n) is 1.38. The third-order valence-corrected chi connectivity index (χ3v) is 2.08. The molecule has 0 aromatic heterocycles. The van der Waals surface area contributed by atoms with Gasteiger partial charge in [-0.3, -0.25) is 4.72 Å². The molecule has 0 amide bonds. The molecule has 1 N–H and O–H groups in total. The second-order valence-electron chi connectivity index (χ2n) is 2.60. The average molecular weight is 173 g/mol. The minimum Gasteiger partial charge on any atom is -0.264 e. The van der Waals surface area contributed by atoms with E-state index in [9.17, 15) is 0 Å². The molecule has 1 nitrogen and oxygen atoms in total. The second-order valence-corrected chi connectivity index (χ2v) is 3.38. The molecule has 0 spiro atoms. The lowest BCUT2D eigenvalue weighted by Crippen LogP contribution is -2.04. The molecule has 0 rings (SSSR count). The van der Waals surface area contributed by atoms with Crippen LogP contribution < -0.4 is 4.72 Å². The van der Waals surface area contributed by atoms with E-state index in [0.717, 1.165) is 13.0 Å². The summed E-state index contributed by atoms with van der Waals surface area (Å²) in [6.07, 6.45) is 6.21. The Morgan fingerprint density at radius 2 is 2.00 bits per heavy atom. The Morgan fingerprint density at radius 3 is 2.64 bits per heavy atom. The van der Waals surface area contributed by atoms with Gasteiger partial charge in [-0.05, 0) is 12.8 Å². The van der Waals surface area contributed by atoms with Crippen LogP contribution in [-0.2, 0) is 0 Å². The molecule has 0 aromatic carbocycles. The Kier molecular flexibility index (Phi) is 10.6. The van der Waals surface area contributed by atoms with Crippen LogP contribution in [0.1, 0.15) is 46.0 Å². The van der Waals surface area contributed by atoms with Crippen LogP contribution >= 0.6 is 11.9 Å². The molecule has 0 heterocycles. The van der Waals surface area contributed by atoms with Gasteiger partial charge in [-0.15, -0.1) is 0 Å². The van der Waals surface area contributed by atoms with Crippen LogP contribution in [0.2, 0.25) is 0 Å². The van der Waals surface area contributed by atoms with Crippen LogP contribution in [0.4, 0.5) is 0 Å². The Balaban J connectivity index is 2.69. The fourth-order valence-electron chi connectivity index (χ4n) is 0.702. The molecule has 0 aliphatic heterocycles. The van der Waals surface area contributed by atoms with E-state index in [1.807, 2.05) is 0 Å². The van der Waals surface area contributed by atoms with E-state index in [0.29, 0.717) is 0 Å². The molecule has 0 aliphatic rings. The molecular weight excluding hydrogens is 154 g/mol. The van der Waals surface area contributed by atoms with Gasteiger partial charge >= 0.3 is 0 Å². The van der Waals surface area contributed by atoms with Crippen molar-refractivity contribution in [3.8, 4) is 0 Å². The fraction of sp³-hybridized carbons (Fsp3) is 0.889. The summed E-state index contributed by atoms with van der Waals surface area (Å²) in [5.74, 6) is 3.22. The summed E-state index contributed by atoms with van der Waals surface area (Å²) in [7, 11) is 0. The first-order valence-corrected chi connectivity index (χ1v) is 5.35. The number of hydrogen-bond donors (Lipinski definition) is 1. The summed E-state index contributed by atoms with van der Waals surface area (Å²) in [5, 5.41) is 0. The quantitative estimate of drug-likeness (QED) is 0.446. The predicted octanol–water partition coefficient (Wildman–Crippen LogP) is 3.25. The van der Waals surface area contributed by atoms with E-state index < -0.39 is 0 Å². The third kappa shape index (κ3) is 10.3. The predicted molar refractivity (Wildman–Crippen MR) is 53.3 cm³/mol. The van der Waals surface area contributed by atoms with Crippen LogP contribution in [0.25, 0.3) is 0 Å². The Bertz CT molecular complexity index is 58.6. The lowest BCUT2D eigenvalue weighted by atomic mass is 10.3. The van der Waals surface area contributed by atoms with E-state index >= 15 is 0 Å². The highest BCUT2D eigenvalue weighted by Crippen LogP contribution is 2.05. The highest BCUT2D eigenvalue weighted by Gasteiger charge is 1.88. The first kappa shape index (κ1) is 11.3. The lowest BCUT2D eigenvalue weighted by molar-refractivity contribution is 0.709. The zero-order valence-corrected chi connectivity index (χ0v) is 8.47. The Labute approximate surface area is 75.5 Å². The van der Waals surface area contributed by atoms with Crippen molar-refractivity contribution in [1.82, 2.24) is 4.72 Å². The van der Waals surface area contributed by atoms with Crippen molar-refractivity contribution in [3.05, 3.63) is 5.75 Å². The summed E-state index contributed by atoms with van der Waals surface area (Å²) in [4.78, 5) is 0. The van der Waals surface area contributed by atoms with E-state index in [1.165, 1.54) is 25.7 Å².